The summed E-state index contributed by atoms with van der Waals surface area (Å²) in [6.45, 7) is 3.72. The van der Waals surface area contributed by atoms with Crippen LogP contribution in [-0.2, 0) is 11.3 Å². The summed E-state index contributed by atoms with van der Waals surface area (Å²) >= 11 is 3.07. The van der Waals surface area contributed by atoms with Gasteiger partial charge in [0.2, 0.25) is 0 Å². The van der Waals surface area contributed by atoms with Crippen LogP contribution in [0.3, 0.4) is 0 Å². The van der Waals surface area contributed by atoms with Gasteiger partial charge in [-0.1, -0.05) is 15.9 Å². The van der Waals surface area contributed by atoms with Crippen molar-refractivity contribution in [1.82, 2.24) is 9.78 Å². The molecule has 1 aliphatic carbocycles. The molecule has 24 heavy (non-hydrogen) atoms. The van der Waals surface area contributed by atoms with E-state index in [1.807, 2.05) is 0 Å². The molecular weight excluding hydrogens is 382 g/mol. The second-order valence-electron chi connectivity index (χ2n) is 5.86. The quantitative estimate of drug-likeness (QED) is 0.703. The van der Waals surface area contributed by atoms with Crippen molar-refractivity contribution in [3.63, 3.8) is 0 Å². The Morgan fingerprint density at radius 3 is 2.54 bits per heavy atom. The third-order valence-corrected chi connectivity index (χ3v) is 4.54. The fourth-order valence-corrected chi connectivity index (χ4v) is 3.23. The van der Waals surface area contributed by atoms with Gasteiger partial charge in [0.05, 0.1) is 13.2 Å². The molecule has 3 rings (SSSR count). The number of halogens is 3. The molecule has 0 N–H and O–H groups in total. The van der Waals surface area contributed by atoms with Crippen LogP contribution in [0, 0.1) is 18.6 Å². The molecule has 7 heteroatoms. The van der Waals surface area contributed by atoms with E-state index in [0.717, 1.165) is 24.1 Å². The smallest absolute Gasteiger partial charge is 0.359 e. The summed E-state index contributed by atoms with van der Waals surface area (Å²) in [5.74, 6) is -1.52. The summed E-state index contributed by atoms with van der Waals surface area (Å²) in [5.41, 5.74) is 1.74. The van der Waals surface area contributed by atoms with Crippen molar-refractivity contribution in [2.24, 2.45) is 0 Å². The largest absolute Gasteiger partial charge is 0.461 e. The Morgan fingerprint density at radius 1 is 1.38 bits per heavy atom. The standard InChI is InChI=1S/C17H17BrF2N2O2/c1-3-24-17(23)15-9(2)16(10-4-5-10)22(21-15)8-12-13(19)6-11(18)7-14(12)20/h6-7,10H,3-5,8H2,1-2H3. The number of ether oxygens (including phenoxy) is 1. The molecule has 0 bridgehead atoms. The molecule has 0 amide bonds. The number of carbonyl (C=O) groups excluding carboxylic acids is 1. The Bertz CT molecular complexity index is 777. The van der Waals surface area contributed by atoms with E-state index in [4.69, 9.17) is 4.74 Å². The molecule has 1 fully saturated rings. The van der Waals surface area contributed by atoms with Crippen LogP contribution in [-0.4, -0.2) is 22.4 Å². The van der Waals surface area contributed by atoms with Gasteiger partial charge < -0.3 is 4.74 Å². The van der Waals surface area contributed by atoms with Crippen LogP contribution in [0.2, 0.25) is 0 Å². The second-order valence-corrected chi connectivity index (χ2v) is 6.77. The molecule has 1 aromatic heterocycles. The lowest BCUT2D eigenvalue weighted by Crippen LogP contribution is -2.11. The summed E-state index contributed by atoms with van der Waals surface area (Å²) in [7, 11) is 0. The number of esters is 1. The number of nitrogens with zero attached hydrogens (tertiary/aromatic N) is 2. The molecule has 0 saturated heterocycles. The minimum Gasteiger partial charge on any atom is -0.461 e. The first kappa shape index (κ1) is 17.1. The Balaban J connectivity index is 2.02. The second kappa shape index (κ2) is 6.63. The van der Waals surface area contributed by atoms with Gasteiger partial charge in [-0.05, 0) is 38.8 Å². The van der Waals surface area contributed by atoms with Gasteiger partial charge in [-0.3, -0.25) is 4.68 Å². The van der Waals surface area contributed by atoms with Gasteiger partial charge in [-0.2, -0.15) is 5.10 Å². The molecule has 0 spiro atoms. The highest BCUT2D eigenvalue weighted by Crippen LogP contribution is 2.42. The van der Waals surface area contributed by atoms with Crippen molar-refractivity contribution in [3.8, 4) is 0 Å². The van der Waals surface area contributed by atoms with Crippen LogP contribution in [0.5, 0.6) is 0 Å². The van der Waals surface area contributed by atoms with E-state index in [9.17, 15) is 13.6 Å². The first-order chi connectivity index (χ1) is 11.4. The van der Waals surface area contributed by atoms with E-state index in [2.05, 4.69) is 21.0 Å². The molecule has 4 nitrogen and oxygen atoms in total. The number of carbonyl (C=O) groups is 1. The predicted octanol–water partition coefficient (Wildman–Crippen LogP) is 4.33. The normalized spacial score (nSPS) is 14.0. The highest BCUT2D eigenvalue weighted by Gasteiger charge is 2.33. The summed E-state index contributed by atoms with van der Waals surface area (Å²) < 4.78 is 35.2. The molecule has 0 radical (unpaired) electrons. The molecule has 1 saturated carbocycles. The number of hydrogen-bond donors (Lipinski definition) is 0. The van der Waals surface area contributed by atoms with E-state index in [1.54, 1.807) is 13.8 Å². The van der Waals surface area contributed by atoms with E-state index in [0.29, 0.717) is 4.47 Å². The van der Waals surface area contributed by atoms with Crippen LogP contribution < -0.4 is 0 Å². The molecule has 1 heterocycles. The molecule has 1 aromatic carbocycles. The lowest BCUT2D eigenvalue weighted by molar-refractivity contribution is 0.0517. The van der Waals surface area contributed by atoms with Crippen molar-refractivity contribution in [2.75, 3.05) is 6.61 Å². The van der Waals surface area contributed by atoms with Crippen LogP contribution >= 0.6 is 15.9 Å². The zero-order valence-corrected chi connectivity index (χ0v) is 15.0. The lowest BCUT2D eigenvalue weighted by Gasteiger charge is -2.10. The third-order valence-electron chi connectivity index (χ3n) is 4.08. The van der Waals surface area contributed by atoms with Gasteiger partial charge in [-0.15, -0.1) is 0 Å². The SMILES string of the molecule is CCOC(=O)c1nn(Cc2c(F)cc(Br)cc2F)c(C2CC2)c1C. The van der Waals surface area contributed by atoms with E-state index in [-0.39, 0.29) is 30.3 Å². The number of aromatic nitrogens is 2. The van der Waals surface area contributed by atoms with Crippen molar-refractivity contribution in [1.29, 1.82) is 0 Å². The van der Waals surface area contributed by atoms with Crippen LogP contribution in [0.4, 0.5) is 8.78 Å². The average Bonchev–Trinajstić information content (AvgIpc) is 3.27. The van der Waals surface area contributed by atoms with Gasteiger partial charge in [0.1, 0.15) is 11.6 Å². The van der Waals surface area contributed by atoms with E-state index >= 15 is 0 Å². The Hall–Kier alpha value is -1.76. The number of rotatable bonds is 5. The monoisotopic (exact) mass is 398 g/mol. The fourth-order valence-electron chi connectivity index (χ4n) is 2.82. The average molecular weight is 399 g/mol. The molecule has 128 valence electrons. The molecule has 1 aliphatic rings. The van der Waals surface area contributed by atoms with Crippen LogP contribution in [0.1, 0.15) is 53.0 Å². The minimum atomic E-state index is -0.644. The molecule has 0 unspecified atom stereocenters. The van der Waals surface area contributed by atoms with Crippen molar-refractivity contribution < 1.29 is 18.3 Å². The lowest BCUT2D eigenvalue weighted by atomic mass is 10.1. The number of hydrogen-bond acceptors (Lipinski definition) is 3. The maximum Gasteiger partial charge on any atom is 0.359 e. The van der Waals surface area contributed by atoms with Crippen molar-refractivity contribution >= 4 is 21.9 Å². The first-order valence-corrected chi connectivity index (χ1v) is 8.59. The highest BCUT2D eigenvalue weighted by atomic mass is 79.9. The maximum atomic E-state index is 14.1. The van der Waals surface area contributed by atoms with Crippen molar-refractivity contribution in [2.45, 2.75) is 39.2 Å². The zero-order chi connectivity index (χ0) is 17.4. The maximum absolute atomic E-state index is 14.1. The summed E-state index contributed by atoms with van der Waals surface area (Å²) in [6.07, 6.45) is 1.97. The minimum absolute atomic E-state index is 0.0585. The van der Waals surface area contributed by atoms with Gasteiger partial charge >= 0.3 is 5.97 Å². The predicted molar refractivity (Wildman–Crippen MR) is 88.1 cm³/mol. The summed E-state index contributed by atoms with van der Waals surface area (Å²) in [5, 5.41) is 4.29. The van der Waals surface area contributed by atoms with Crippen LogP contribution in [0.15, 0.2) is 16.6 Å². The molecule has 0 atom stereocenters. The van der Waals surface area contributed by atoms with E-state index in [1.165, 1.54) is 16.8 Å². The fraction of sp³-hybridized carbons (Fsp3) is 0.412. The first-order valence-electron chi connectivity index (χ1n) is 7.80. The molecule has 0 aliphatic heterocycles. The van der Waals surface area contributed by atoms with Gasteiger partial charge in [0, 0.05) is 27.2 Å². The van der Waals surface area contributed by atoms with Gasteiger partial charge in [-0.25, -0.2) is 13.6 Å². The topological polar surface area (TPSA) is 44.1 Å². The molecule has 2 aromatic rings. The Morgan fingerprint density at radius 2 is 2.00 bits per heavy atom. The van der Waals surface area contributed by atoms with Crippen LogP contribution in [0.25, 0.3) is 0 Å². The van der Waals surface area contributed by atoms with Gasteiger partial charge in [0.15, 0.2) is 5.69 Å². The number of benzene rings is 1. The van der Waals surface area contributed by atoms with Gasteiger partial charge in [0.25, 0.3) is 0 Å². The zero-order valence-electron chi connectivity index (χ0n) is 13.4. The molecular formula is C17H17BrF2N2O2. The highest BCUT2D eigenvalue weighted by molar-refractivity contribution is 9.10. The Kier molecular flexibility index (Phi) is 4.71. The summed E-state index contributed by atoms with van der Waals surface area (Å²) in [4.78, 5) is 12.1. The third kappa shape index (κ3) is 3.22. The van der Waals surface area contributed by atoms with E-state index < -0.39 is 17.6 Å². The summed E-state index contributed by atoms with van der Waals surface area (Å²) in [6, 6.07) is 2.44. The van der Waals surface area contributed by atoms with Crippen molar-refractivity contribution in [3.05, 3.63) is 50.8 Å². The Labute approximate surface area is 146 Å².